The number of rotatable bonds is 47. The molecule has 0 aromatic rings. The molecule has 1 unspecified atom stereocenters. The van der Waals surface area contributed by atoms with E-state index in [2.05, 4.69) is 13.8 Å². The Balaban J connectivity index is 3.32. The number of aliphatic hydroxyl groups is 1. The van der Waals surface area contributed by atoms with E-state index in [0.29, 0.717) is 19.6 Å². The smallest absolute Gasteiger partial charge is 0.306 e. The first kappa shape index (κ1) is 52.4. The van der Waals surface area contributed by atoms with Crippen LogP contribution in [0.5, 0.6) is 0 Å². The molecule has 0 aliphatic carbocycles. The van der Waals surface area contributed by atoms with Gasteiger partial charge in [-0.15, -0.1) is 0 Å². The van der Waals surface area contributed by atoms with Crippen molar-refractivity contribution in [1.82, 2.24) is 0 Å². The summed E-state index contributed by atoms with van der Waals surface area (Å²) in [5.41, 5.74) is 0. The van der Waals surface area contributed by atoms with Gasteiger partial charge in [-0.3, -0.25) is 4.79 Å². The van der Waals surface area contributed by atoms with Gasteiger partial charge in [0.2, 0.25) is 0 Å². The summed E-state index contributed by atoms with van der Waals surface area (Å²) in [6.07, 6.45) is 56.2. The molecule has 0 aromatic carbocycles. The number of carbonyl (C=O) groups excluding carboxylic acids is 1. The number of carbonyl (C=O) groups is 1. The van der Waals surface area contributed by atoms with Gasteiger partial charge in [-0.2, -0.15) is 0 Å². The molecule has 0 saturated carbocycles. The lowest BCUT2D eigenvalue weighted by molar-refractivity contribution is -0.154. The van der Waals surface area contributed by atoms with Crippen LogP contribution in [0.4, 0.5) is 0 Å². The third-order valence-electron chi connectivity index (χ3n) is 11.4. The predicted octanol–water partition coefficient (Wildman–Crippen LogP) is 16.3. The molecule has 4 heteroatoms. The second-order valence-corrected chi connectivity index (χ2v) is 16.9. The molecular weight excluding hydrogens is 653 g/mol. The molecule has 53 heavy (non-hydrogen) atoms. The van der Waals surface area contributed by atoms with Crippen molar-refractivity contribution in [3.8, 4) is 0 Å². The van der Waals surface area contributed by atoms with Crippen molar-refractivity contribution < 1.29 is 19.4 Å². The van der Waals surface area contributed by atoms with Gasteiger partial charge in [-0.25, -0.2) is 0 Å². The summed E-state index contributed by atoms with van der Waals surface area (Å²) < 4.78 is 11.2. The Kier molecular flexibility index (Phi) is 47.0. The van der Waals surface area contributed by atoms with Crippen molar-refractivity contribution in [3.05, 3.63) is 0 Å². The zero-order valence-corrected chi connectivity index (χ0v) is 36.6. The van der Waals surface area contributed by atoms with Crippen LogP contribution in [0.25, 0.3) is 0 Å². The second kappa shape index (κ2) is 47.5. The Morgan fingerprint density at radius 3 is 0.887 bits per heavy atom. The van der Waals surface area contributed by atoms with E-state index in [9.17, 15) is 9.90 Å². The zero-order chi connectivity index (χ0) is 38.4. The van der Waals surface area contributed by atoms with Crippen molar-refractivity contribution in [2.24, 2.45) is 0 Å². The van der Waals surface area contributed by atoms with E-state index in [1.807, 2.05) is 0 Å². The summed E-state index contributed by atoms with van der Waals surface area (Å²) in [4.78, 5) is 12.2. The highest BCUT2D eigenvalue weighted by Gasteiger charge is 2.13. The van der Waals surface area contributed by atoms with Gasteiger partial charge < -0.3 is 14.6 Å². The van der Waals surface area contributed by atoms with Crippen LogP contribution in [0.2, 0.25) is 0 Å². The lowest BCUT2D eigenvalue weighted by atomic mass is 10.0. The molecule has 4 nitrogen and oxygen atoms in total. The van der Waals surface area contributed by atoms with Crippen molar-refractivity contribution in [1.29, 1.82) is 0 Å². The van der Waals surface area contributed by atoms with Gasteiger partial charge in [0.05, 0.1) is 13.2 Å². The topological polar surface area (TPSA) is 55.8 Å². The maximum atomic E-state index is 12.2. The number of hydrogen-bond acceptors (Lipinski definition) is 4. The van der Waals surface area contributed by atoms with E-state index in [1.165, 1.54) is 244 Å². The molecule has 1 atom stereocenters. The highest BCUT2D eigenvalue weighted by molar-refractivity contribution is 5.69. The van der Waals surface area contributed by atoms with Crippen LogP contribution in [-0.2, 0) is 14.3 Å². The van der Waals surface area contributed by atoms with Gasteiger partial charge in [-0.1, -0.05) is 264 Å². The minimum atomic E-state index is -0.525. The minimum absolute atomic E-state index is 0.162. The Labute approximate surface area is 333 Å². The largest absolute Gasteiger partial charge is 0.457 e. The first-order chi connectivity index (χ1) is 26.2. The van der Waals surface area contributed by atoms with E-state index in [0.717, 1.165) is 19.3 Å². The third kappa shape index (κ3) is 45.7. The lowest BCUT2D eigenvalue weighted by Gasteiger charge is -2.16. The fourth-order valence-electron chi connectivity index (χ4n) is 7.74. The van der Waals surface area contributed by atoms with Gasteiger partial charge >= 0.3 is 5.97 Å². The molecule has 0 rings (SSSR count). The van der Waals surface area contributed by atoms with E-state index in [1.54, 1.807) is 0 Å². The third-order valence-corrected chi connectivity index (χ3v) is 11.4. The first-order valence-electron chi connectivity index (χ1n) is 24.6. The van der Waals surface area contributed by atoms with Crippen LogP contribution in [0.3, 0.4) is 0 Å². The monoisotopic (exact) mass is 751 g/mol. The lowest BCUT2D eigenvalue weighted by Crippen LogP contribution is -2.27. The molecule has 0 aliphatic heterocycles. The molecule has 0 aliphatic rings. The summed E-state index contributed by atoms with van der Waals surface area (Å²) in [5, 5.41) is 9.63. The summed E-state index contributed by atoms with van der Waals surface area (Å²) >= 11 is 0. The average molecular weight is 751 g/mol. The highest BCUT2D eigenvalue weighted by Crippen LogP contribution is 2.17. The summed E-state index contributed by atoms with van der Waals surface area (Å²) in [5.74, 6) is -0.191. The van der Waals surface area contributed by atoms with Crippen LogP contribution in [0.1, 0.15) is 284 Å². The second-order valence-electron chi connectivity index (χ2n) is 16.9. The van der Waals surface area contributed by atoms with Crippen molar-refractivity contribution in [3.63, 3.8) is 0 Å². The molecule has 0 spiro atoms. The SMILES string of the molecule is CCCCCCCCCCCCCCCCCCCCCCCCOCC(CO)OC(=O)CCCCCCCCCCCCCCCCCCCCC. The summed E-state index contributed by atoms with van der Waals surface area (Å²) in [6.45, 7) is 5.42. The molecule has 0 aromatic heterocycles. The van der Waals surface area contributed by atoms with E-state index in [4.69, 9.17) is 9.47 Å². The van der Waals surface area contributed by atoms with Gasteiger partial charge in [0.25, 0.3) is 0 Å². The van der Waals surface area contributed by atoms with Crippen LogP contribution in [0, 0.1) is 0 Å². The van der Waals surface area contributed by atoms with E-state index < -0.39 is 6.10 Å². The van der Waals surface area contributed by atoms with Gasteiger partial charge in [0.15, 0.2) is 0 Å². The quantitative estimate of drug-likeness (QED) is 0.0497. The Bertz CT molecular complexity index is 667. The molecule has 0 bridgehead atoms. The van der Waals surface area contributed by atoms with Crippen LogP contribution in [-0.4, -0.2) is 37.0 Å². The predicted molar refractivity (Wildman–Crippen MR) is 233 cm³/mol. The van der Waals surface area contributed by atoms with E-state index >= 15 is 0 Å². The van der Waals surface area contributed by atoms with Crippen molar-refractivity contribution >= 4 is 5.97 Å². The number of ether oxygens (including phenoxy) is 2. The van der Waals surface area contributed by atoms with Gasteiger partial charge in [-0.05, 0) is 12.8 Å². The number of aliphatic hydroxyl groups excluding tert-OH is 1. The molecule has 0 fully saturated rings. The molecular formula is C49H98O4. The fourth-order valence-corrected chi connectivity index (χ4v) is 7.74. The normalized spacial score (nSPS) is 12.1. The maximum Gasteiger partial charge on any atom is 0.306 e. The number of esters is 1. The molecule has 0 heterocycles. The molecule has 0 saturated heterocycles. The fraction of sp³-hybridized carbons (Fsp3) is 0.980. The van der Waals surface area contributed by atoms with Crippen LogP contribution >= 0.6 is 0 Å². The molecule has 1 N–H and O–H groups in total. The van der Waals surface area contributed by atoms with Crippen molar-refractivity contribution in [2.75, 3.05) is 19.8 Å². The molecule has 0 amide bonds. The zero-order valence-electron chi connectivity index (χ0n) is 36.6. The van der Waals surface area contributed by atoms with Crippen molar-refractivity contribution in [2.45, 2.75) is 290 Å². The van der Waals surface area contributed by atoms with Gasteiger partial charge in [0.1, 0.15) is 6.10 Å². The Hall–Kier alpha value is -0.610. The standard InChI is InChI=1S/C49H98O4/c1-3-5-7-9-11-13-15-17-19-21-23-24-25-27-29-31-33-35-37-39-41-43-45-52-47-48(46-50)53-49(51)44-42-40-38-36-34-32-30-28-26-22-20-18-16-14-12-10-8-6-4-2/h48,50H,3-47H2,1-2H3. The maximum absolute atomic E-state index is 12.2. The Morgan fingerprint density at radius 2 is 0.623 bits per heavy atom. The summed E-state index contributed by atoms with van der Waals surface area (Å²) in [7, 11) is 0. The van der Waals surface area contributed by atoms with E-state index in [-0.39, 0.29) is 12.6 Å². The Morgan fingerprint density at radius 1 is 0.377 bits per heavy atom. The van der Waals surface area contributed by atoms with Crippen LogP contribution in [0.15, 0.2) is 0 Å². The number of unbranched alkanes of at least 4 members (excludes halogenated alkanes) is 39. The minimum Gasteiger partial charge on any atom is -0.457 e. The average Bonchev–Trinajstić information content (AvgIpc) is 3.16. The molecule has 0 radical (unpaired) electrons. The highest BCUT2D eigenvalue weighted by atomic mass is 16.6. The van der Waals surface area contributed by atoms with Gasteiger partial charge in [0, 0.05) is 13.0 Å². The summed E-state index contributed by atoms with van der Waals surface area (Å²) in [6, 6.07) is 0. The first-order valence-corrected chi connectivity index (χ1v) is 24.6. The van der Waals surface area contributed by atoms with Crippen LogP contribution < -0.4 is 0 Å². The number of hydrogen-bond donors (Lipinski definition) is 1. The molecule has 318 valence electrons.